The number of benzene rings is 2. The number of methoxy groups -OCH3 is 2. The number of nitrogens with zero attached hydrogens (tertiary/aromatic N) is 3. The summed E-state index contributed by atoms with van der Waals surface area (Å²) < 4.78 is 38.4. The molecule has 0 aliphatic carbocycles. The van der Waals surface area contributed by atoms with Gasteiger partial charge in [-0.15, -0.1) is 0 Å². The summed E-state index contributed by atoms with van der Waals surface area (Å²) in [5.41, 5.74) is 6.99. The van der Waals surface area contributed by atoms with E-state index in [1.54, 1.807) is 30.3 Å². The quantitative estimate of drug-likeness (QED) is 0.523. The number of hydrogen-bond donors (Lipinski definition) is 1. The van der Waals surface area contributed by atoms with Crippen LogP contribution in [0.15, 0.2) is 82.2 Å². The first-order valence-corrected chi connectivity index (χ1v) is 14.2. The number of rotatable bonds is 6. The summed E-state index contributed by atoms with van der Waals surface area (Å²) in [6.45, 7) is 4.92. The Bertz CT molecular complexity index is 1500. The summed E-state index contributed by atoms with van der Waals surface area (Å²) in [7, 11) is -1.43. The second kappa shape index (κ2) is 11.5. The van der Waals surface area contributed by atoms with Crippen LogP contribution in [0.5, 0.6) is 0 Å². The Morgan fingerprint density at radius 3 is 2.05 bits per heavy atom. The molecule has 0 spiro atoms. The lowest BCUT2D eigenvalue weighted by Gasteiger charge is -2.36. The fraction of sp³-hybridized carbons (Fsp3) is 0.345. The maximum atomic E-state index is 13.4. The van der Waals surface area contributed by atoms with Crippen molar-refractivity contribution in [2.24, 2.45) is 17.6 Å². The summed E-state index contributed by atoms with van der Waals surface area (Å²) in [5.74, 6) is -2.34. The molecule has 10 nitrogen and oxygen atoms in total. The summed E-state index contributed by atoms with van der Waals surface area (Å²) in [6, 6.07) is 16.6. The topological polar surface area (TPSA) is 143 Å². The van der Waals surface area contributed by atoms with Gasteiger partial charge >= 0.3 is 11.9 Å². The number of esters is 2. The molecular weight excluding hydrogens is 532 g/mol. The van der Waals surface area contributed by atoms with Crippen LogP contribution >= 0.6 is 0 Å². The van der Waals surface area contributed by atoms with Crippen molar-refractivity contribution in [2.45, 2.75) is 31.1 Å². The molecule has 2 N–H and O–H groups in total. The molecule has 4 rings (SSSR count). The van der Waals surface area contributed by atoms with Gasteiger partial charge in [-0.1, -0.05) is 44.2 Å². The zero-order valence-electron chi connectivity index (χ0n) is 22.8. The molecule has 11 heteroatoms. The molecule has 40 heavy (non-hydrogen) atoms. The van der Waals surface area contributed by atoms with Crippen LogP contribution in [-0.4, -0.2) is 52.0 Å². The van der Waals surface area contributed by atoms with E-state index in [0.717, 1.165) is 13.5 Å². The molecule has 1 saturated heterocycles. The van der Waals surface area contributed by atoms with Crippen LogP contribution in [0.3, 0.4) is 0 Å². The molecule has 2 heterocycles. The smallest absolute Gasteiger partial charge is 0.355 e. The average molecular weight is 565 g/mol. The maximum Gasteiger partial charge on any atom is 0.355 e. The van der Waals surface area contributed by atoms with Gasteiger partial charge in [0.15, 0.2) is 0 Å². The average Bonchev–Trinajstić information content (AvgIpc) is 2.95. The molecule has 0 radical (unpaired) electrons. The molecular formula is C29H32N4O6S. The lowest BCUT2D eigenvalue weighted by Crippen LogP contribution is -2.42. The minimum absolute atomic E-state index is 0.0206. The van der Waals surface area contributed by atoms with Crippen molar-refractivity contribution in [1.82, 2.24) is 4.31 Å². The highest BCUT2D eigenvalue weighted by Crippen LogP contribution is 2.43. The van der Waals surface area contributed by atoms with Crippen LogP contribution in [0.25, 0.3) is 0 Å². The fourth-order valence-electron chi connectivity index (χ4n) is 5.50. The third-order valence-electron chi connectivity index (χ3n) is 7.18. The number of carbonyl (C=O) groups is 2. The van der Waals surface area contributed by atoms with Crippen LogP contribution in [0.1, 0.15) is 31.7 Å². The van der Waals surface area contributed by atoms with Crippen molar-refractivity contribution in [3.8, 4) is 6.07 Å². The number of allylic oxidation sites excluding steroid dienone is 1. The normalized spacial score (nSPS) is 22.1. The molecule has 1 fully saturated rings. The molecule has 2 aromatic carbocycles. The number of hydrogen-bond acceptors (Lipinski definition) is 9. The second-order valence-corrected chi connectivity index (χ2v) is 12.0. The molecule has 0 saturated carbocycles. The molecule has 2 aliphatic rings. The van der Waals surface area contributed by atoms with E-state index >= 15 is 0 Å². The second-order valence-electron chi connectivity index (χ2n) is 10.1. The first-order chi connectivity index (χ1) is 19.0. The van der Waals surface area contributed by atoms with Gasteiger partial charge in [0.2, 0.25) is 10.0 Å². The molecule has 0 bridgehead atoms. The van der Waals surface area contributed by atoms with Crippen molar-refractivity contribution in [3.05, 3.63) is 82.8 Å². The van der Waals surface area contributed by atoms with Crippen LogP contribution in [0, 0.1) is 23.2 Å². The lowest BCUT2D eigenvalue weighted by atomic mass is 9.81. The van der Waals surface area contributed by atoms with Gasteiger partial charge in [0.1, 0.15) is 11.5 Å². The van der Waals surface area contributed by atoms with Gasteiger partial charge in [-0.2, -0.15) is 9.57 Å². The zero-order valence-corrected chi connectivity index (χ0v) is 23.6. The molecule has 3 unspecified atom stereocenters. The fourth-order valence-corrected chi connectivity index (χ4v) is 7.18. The van der Waals surface area contributed by atoms with E-state index < -0.39 is 27.9 Å². The Morgan fingerprint density at radius 2 is 1.52 bits per heavy atom. The Balaban J connectivity index is 1.86. The molecule has 2 aromatic rings. The molecule has 0 aromatic heterocycles. The number of ether oxygens (including phenoxy) is 2. The van der Waals surface area contributed by atoms with Crippen molar-refractivity contribution in [2.75, 3.05) is 32.2 Å². The van der Waals surface area contributed by atoms with Crippen molar-refractivity contribution in [1.29, 1.82) is 5.26 Å². The number of nitrogens with two attached hydrogens (primary N) is 1. The summed E-state index contributed by atoms with van der Waals surface area (Å²) >= 11 is 0. The van der Waals surface area contributed by atoms with Crippen molar-refractivity contribution >= 4 is 27.6 Å². The first kappa shape index (κ1) is 28.9. The Morgan fingerprint density at radius 1 is 0.950 bits per heavy atom. The number of anilines is 1. The Hall–Kier alpha value is -4.14. The van der Waals surface area contributed by atoms with Gasteiger partial charge in [0, 0.05) is 18.8 Å². The Labute approximate surface area is 234 Å². The predicted octanol–water partition coefficient (Wildman–Crippen LogP) is 3.25. The SMILES string of the molecule is COC(=O)C1=C(C(=O)OC)N(c2ccc(S(=O)(=O)N3CC(C)CC(C)C3)cc2)C(N)=C(C#N)C1c1ccccc1. The summed E-state index contributed by atoms with van der Waals surface area (Å²) in [6.07, 6.45) is 0.960. The van der Waals surface area contributed by atoms with E-state index in [0.29, 0.717) is 18.7 Å². The van der Waals surface area contributed by atoms with Crippen LogP contribution in [-0.2, 0) is 29.1 Å². The predicted molar refractivity (Wildman–Crippen MR) is 148 cm³/mol. The minimum atomic E-state index is -3.77. The summed E-state index contributed by atoms with van der Waals surface area (Å²) in [4.78, 5) is 27.7. The highest BCUT2D eigenvalue weighted by molar-refractivity contribution is 7.89. The van der Waals surface area contributed by atoms with Gasteiger partial charge in [0.05, 0.1) is 42.2 Å². The Kier molecular flexibility index (Phi) is 8.32. The van der Waals surface area contributed by atoms with Gasteiger partial charge in [-0.05, 0) is 48.1 Å². The largest absolute Gasteiger partial charge is 0.466 e. The standard InChI is InChI=1S/C29H32N4O6S/c1-18-14-19(2)17-32(16-18)40(36,37)22-12-10-21(11-13-22)33-26(29(35)39-4)25(28(34)38-3)24(23(15-30)27(33)31)20-8-6-5-7-9-20/h5-13,18-19,24H,14,16-17,31H2,1-4H3. The van der Waals surface area contributed by atoms with E-state index in [-0.39, 0.29) is 45.1 Å². The van der Waals surface area contributed by atoms with Crippen LogP contribution in [0.2, 0.25) is 0 Å². The molecule has 2 aliphatic heterocycles. The van der Waals surface area contributed by atoms with Crippen LogP contribution in [0.4, 0.5) is 5.69 Å². The van der Waals surface area contributed by atoms with Gasteiger partial charge in [0.25, 0.3) is 0 Å². The lowest BCUT2D eigenvalue weighted by molar-refractivity contribution is -0.139. The van der Waals surface area contributed by atoms with Crippen LogP contribution < -0.4 is 10.6 Å². The van der Waals surface area contributed by atoms with E-state index in [1.165, 1.54) is 40.6 Å². The van der Waals surface area contributed by atoms with E-state index in [9.17, 15) is 23.3 Å². The number of carbonyl (C=O) groups excluding carboxylic acids is 2. The number of sulfonamides is 1. The number of nitriles is 1. The minimum Gasteiger partial charge on any atom is -0.466 e. The molecule has 0 amide bonds. The van der Waals surface area contributed by atoms with Crippen molar-refractivity contribution in [3.63, 3.8) is 0 Å². The van der Waals surface area contributed by atoms with E-state index in [2.05, 4.69) is 6.07 Å². The highest BCUT2D eigenvalue weighted by Gasteiger charge is 2.43. The highest BCUT2D eigenvalue weighted by atomic mass is 32.2. The monoisotopic (exact) mass is 564 g/mol. The van der Waals surface area contributed by atoms with E-state index in [1.807, 2.05) is 13.8 Å². The molecule has 210 valence electrons. The third-order valence-corrected chi connectivity index (χ3v) is 9.02. The van der Waals surface area contributed by atoms with Gasteiger partial charge in [-0.3, -0.25) is 4.90 Å². The number of piperidine rings is 1. The zero-order chi connectivity index (χ0) is 29.2. The molecule has 3 atom stereocenters. The van der Waals surface area contributed by atoms with Gasteiger partial charge in [-0.25, -0.2) is 18.0 Å². The third kappa shape index (κ3) is 5.20. The first-order valence-electron chi connectivity index (χ1n) is 12.8. The van der Waals surface area contributed by atoms with E-state index in [4.69, 9.17) is 15.2 Å². The maximum absolute atomic E-state index is 13.4. The summed E-state index contributed by atoms with van der Waals surface area (Å²) in [5, 5.41) is 10.2. The van der Waals surface area contributed by atoms with Crippen molar-refractivity contribution < 1.29 is 27.5 Å². The van der Waals surface area contributed by atoms with Gasteiger partial charge < -0.3 is 15.2 Å².